The van der Waals surface area contributed by atoms with E-state index in [1.165, 1.54) is 37.3 Å². The van der Waals surface area contributed by atoms with Crippen molar-refractivity contribution >= 4 is 12.0 Å². The van der Waals surface area contributed by atoms with Gasteiger partial charge in [-0.3, -0.25) is 4.79 Å². The fourth-order valence-corrected chi connectivity index (χ4v) is 2.47. The number of carbonyl (C=O) groups excluding carboxylic acids is 1. The average Bonchev–Trinajstić information content (AvgIpc) is 3.04. The molecule has 0 atom stereocenters. The Morgan fingerprint density at radius 2 is 2.00 bits per heavy atom. The van der Waals surface area contributed by atoms with Crippen molar-refractivity contribution in [2.75, 3.05) is 6.61 Å². The topological polar surface area (TPSA) is 52.3 Å². The summed E-state index contributed by atoms with van der Waals surface area (Å²) >= 11 is 0. The molecule has 1 aromatic heterocycles. The minimum atomic E-state index is -0.244. The summed E-state index contributed by atoms with van der Waals surface area (Å²) in [4.78, 5) is 10.7. The van der Waals surface area contributed by atoms with Crippen molar-refractivity contribution in [2.45, 2.75) is 72.6 Å². The van der Waals surface area contributed by atoms with Crippen LogP contribution in [0.15, 0.2) is 40.0 Å². The third kappa shape index (κ3) is 10.7. The number of hydrogen-bond acceptors (Lipinski definition) is 4. The minimum absolute atomic E-state index is 0.244. The van der Waals surface area contributed by atoms with E-state index < -0.39 is 0 Å². The van der Waals surface area contributed by atoms with Gasteiger partial charge in [-0.25, -0.2) is 0 Å². The standard InChI is InChI=1S/C22H33NO3/c1-5-6-7-8-12-22-17-21(23-26-22)14-13-18(2)10-9-11-19(3)15-16-25-20(4)24/h10,13-15,17H,5-9,11-12,16H2,1-4H3/b14-13+,18-10+,19-15+. The lowest BCUT2D eigenvalue weighted by atomic mass is 10.1. The third-order valence-corrected chi connectivity index (χ3v) is 4.09. The molecule has 0 spiro atoms. The van der Waals surface area contributed by atoms with Gasteiger partial charge in [0.25, 0.3) is 0 Å². The molecule has 0 N–H and O–H groups in total. The fraction of sp³-hybridized carbons (Fsp3) is 0.545. The first-order valence-corrected chi connectivity index (χ1v) is 9.60. The number of aromatic nitrogens is 1. The van der Waals surface area contributed by atoms with Crippen LogP contribution in [0.5, 0.6) is 0 Å². The van der Waals surface area contributed by atoms with E-state index in [1.807, 2.05) is 18.2 Å². The normalized spacial score (nSPS) is 12.8. The number of hydrogen-bond donors (Lipinski definition) is 0. The van der Waals surface area contributed by atoms with Crippen LogP contribution in [0.25, 0.3) is 6.08 Å². The second-order valence-electron chi connectivity index (χ2n) is 6.70. The summed E-state index contributed by atoms with van der Waals surface area (Å²) < 4.78 is 10.3. The zero-order chi connectivity index (χ0) is 19.2. The molecule has 0 aliphatic heterocycles. The molecule has 4 heteroatoms. The highest BCUT2D eigenvalue weighted by atomic mass is 16.5. The van der Waals surface area contributed by atoms with Crippen LogP contribution in [0.4, 0.5) is 0 Å². The number of esters is 1. The maximum atomic E-state index is 10.7. The number of allylic oxidation sites excluding steroid dienone is 4. The first kappa shape index (κ1) is 21.9. The van der Waals surface area contributed by atoms with Crippen LogP contribution >= 0.6 is 0 Å². The number of rotatable bonds is 12. The Morgan fingerprint density at radius 3 is 2.73 bits per heavy atom. The Labute approximate surface area is 158 Å². The Balaban J connectivity index is 2.34. The van der Waals surface area contributed by atoms with Gasteiger partial charge in [-0.15, -0.1) is 0 Å². The smallest absolute Gasteiger partial charge is 0.302 e. The predicted octanol–water partition coefficient (Wildman–Crippen LogP) is 6.05. The van der Waals surface area contributed by atoms with E-state index in [-0.39, 0.29) is 5.97 Å². The van der Waals surface area contributed by atoms with Crippen LogP contribution in [0.3, 0.4) is 0 Å². The van der Waals surface area contributed by atoms with Crippen molar-refractivity contribution in [1.29, 1.82) is 0 Å². The van der Waals surface area contributed by atoms with Crippen molar-refractivity contribution < 1.29 is 14.1 Å². The van der Waals surface area contributed by atoms with Crippen LogP contribution in [-0.2, 0) is 16.0 Å². The lowest BCUT2D eigenvalue weighted by molar-refractivity contribution is -0.139. The molecule has 1 heterocycles. The minimum Gasteiger partial charge on any atom is -0.462 e. The molecular weight excluding hydrogens is 326 g/mol. The molecule has 4 nitrogen and oxygen atoms in total. The van der Waals surface area contributed by atoms with Gasteiger partial charge in [-0.2, -0.15) is 0 Å². The molecule has 0 radical (unpaired) electrons. The second kappa shape index (κ2) is 13.2. The maximum absolute atomic E-state index is 10.7. The second-order valence-corrected chi connectivity index (χ2v) is 6.70. The third-order valence-electron chi connectivity index (χ3n) is 4.09. The molecule has 0 aliphatic rings. The van der Waals surface area contributed by atoms with Gasteiger partial charge >= 0.3 is 5.97 Å². The molecule has 144 valence electrons. The van der Waals surface area contributed by atoms with Crippen LogP contribution < -0.4 is 0 Å². The molecule has 0 unspecified atom stereocenters. The maximum Gasteiger partial charge on any atom is 0.302 e. The van der Waals surface area contributed by atoms with E-state index in [0.717, 1.165) is 37.1 Å². The van der Waals surface area contributed by atoms with Gasteiger partial charge in [-0.05, 0) is 45.3 Å². The van der Waals surface area contributed by atoms with Gasteiger partial charge in [0.1, 0.15) is 18.1 Å². The van der Waals surface area contributed by atoms with E-state index in [9.17, 15) is 4.79 Å². The van der Waals surface area contributed by atoms with E-state index in [1.54, 1.807) is 0 Å². The Hall–Kier alpha value is -2.10. The molecule has 1 aromatic rings. The summed E-state index contributed by atoms with van der Waals surface area (Å²) in [5, 5.41) is 4.10. The van der Waals surface area contributed by atoms with Gasteiger partial charge < -0.3 is 9.26 Å². The number of nitrogens with zero attached hydrogens (tertiary/aromatic N) is 1. The molecule has 0 fully saturated rings. The monoisotopic (exact) mass is 359 g/mol. The summed E-state index contributed by atoms with van der Waals surface area (Å²) in [6.45, 7) is 8.14. The molecule has 0 amide bonds. The summed E-state index contributed by atoms with van der Waals surface area (Å²) in [6.07, 6.45) is 16.0. The Bertz CT molecular complexity index is 623. The first-order valence-electron chi connectivity index (χ1n) is 9.60. The van der Waals surface area contributed by atoms with Crippen molar-refractivity contribution in [1.82, 2.24) is 5.16 Å². The zero-order valence-electron chi connectivity index (χ0n) is 16.7. The van der Waals surface area contributed by atoms with Crippen molar-refractivity contribution in [3.8, 4) is 0 Å². The highest BCUT2D eigenvalue weighted by molar-refractivity contribution is 5.66. The molecule has 0 saturated carbocycles. The summed E-state index contributed by atoms with van der Waals surface area (Å²) in [6, 6.07) is 2.03. The molecule has 1 rings (SSSR count). The van der Waals surface area contributed by atoms with Crippen LogP contribution in [0.1, 0.15) is 77.7 Å². The Kier molecular flexibility index (Phi) is 11.1. The van der Waals surface area contributed by atoms with Gasteiger partial charge in [0, 0.05) is 19.4 Å². The summed E-state index contributed by atoms with van der Waals surface area (Å²) in [5.74, 6) is 0.725. The number of ether oxygens (including phenoxy) is 1. The van der Waals surface area contributed by atoms with Gasteiger partial charge in [0.15, 0.2) is 0 Å². The number of carbonyl (C=O) groups is 1. The van der Waals surface area contributed by atoms with E-state index in [4.69, 9.17) is 9.26 Å². The lowest BCUT2D eigenvalue weighted by Crippen LogP contribution is -1.98. The van der Waals surface area contributed by atoms with Crippen molar-refractivity contribution in [3.63, 3.8) is 0 Å². The molecule has 0 bridgehead atoms. The van der Waals surface area contributed by atoms with Crippen LogP contribution in [0, 0.1) is 0 Å². The SMILES string of the molecule is CCCCCCc1cc(/C=C/C(C)=C/CC/C(C)=C/COC(C)=O)no1. The van der Waals surface area contributed by atoms with E-state index in [0.29, 0.717) is 6.61 Å². The van der Waals surface area contributed by atoms with Crippen molar-refractivity contribution in [2.24, 2.45) is 0 Å². The molecular formula is C22H33NO3. The molecule has 0 saturated heterocycles. The molecule has 0 aliphatic carbocycles. The van der Waals surface area contributed by atoms with E-state index >= 15 is 0 Å². The quantitative estimate of drug-likeness (QED) is 0.197. The molecule has 0 aromatic carbocycles. The highest BCUT2D eigenvalue weighted by Gasteiger charge is 2.01. The van der Waals surface area contributed by atoms with Crippen LogP contribution in [0.2, 0.25) is 0 Å². The largest absolute Gasteiger partial charge is 0.462 e. The van der Waals surface area contributed by atoms with Gasteiger partial charge in [-0.1, -0.05) is 54.6 Å². The highest BCUT2D eigenvalue weighted by Crippen LogP contribution is 2.12. The average molecular weight is 360 g/mol. The summed E-state index contributed by atoms with van der Waals surface area (Å²) in [7, 11) is 0. The van der Waals surface area contributed by atoms with Crippen LogP contribution in [-0.4, -0.2) is 17.7 Å². The number of aryl methyl sites for hydroxylation is 1. The zero-order valence-corrected chi connectivity index (χ0v) is 16.7. The summed E-state index contributed by atoms with van der Waals surface area (Å²) in [5.41, 5.74) is 3.30. The Morgan fingerprint density at radius 1 is 1.19 bits per heavy atom. The predicted molar refractivity (Wildman–Crippen MR) is 107 cm³/mol. The number of unbranched alkanes of at least 4 members (excludes halogenated alkanes) is 3. The lowest BCUT2D eigenvalue weighted by Gasteiger charge is -2.00. The first-order chi connectivity index (χ1) is 12.5. The van der Waals surface area contributed by atoms with E-state index in [2.05, 4.69) is 38.1 Å². The van der Waals surface area contributed by atoms with Gasteiger partial charge in [0.05, 0.1) is 0 Å². The van der Waals surface area contributed by atoms with Crippen molar-refractivity contribution in [3.05, 3.63) is 46.9 Å². The van der Waals surface area contributed by atoms with Gasteiger partial charge in [0.2, 0.25) is 0 Å². The molecule has 26 heavy (non-hydrogen) atoms. The fourth-order valence-electron chi connectivity index (χ4n) is 2.47.